The third-order valence-corrected chi connectivity index (χ3v) is 6.74. The lowest BCUT2D eigenvalue weighted by molar-refractivity contribution is 0.416. The molecule has 5 rings (SSSR count). The first-order chi connectivity index (χ1) is 15.0. The van der Waals surface area contributed by atoms with Gasteiger partial charge in [-0.1, -0.05) is 12.8 Å². The van der Waals surface area contributed by atoms with Crippen LogP contribution in [0.4, 0.5) is 0 Å². The van der Waals surface area contributed by atoms with Crippen LogP contribution in [0.25, 0.3) is 22.4 Å². The van der Waals surface area contributed by atoms with Crippen LogP contribution >= 0.6 is 0 Å². The molecular weight excluding hydrogens is 388 g/mol. The average molecular weight is 419 g/mol. The second-order valence-corrected chi connectivity index (χ2v) is 9.10. The van der Waals surface area contributed by atoms with E-state index in [1.807, 2.05) is 19.3 Å². The Labute approximate surface area is 183 Å². The van der Waals surface area contributed by atoms with Crippen molar-refractivity contribution in [3.8, 4) is 28.1 Å². The molecule has 162 valence electrons. The molecule has 3 aromatic rings. The number of fused-ring (bicyclic) bond motifs is 3. The van der Waals surface area contributed by atoms with Crippen molar-refractivity contribution in [2.24, 2.45) is 0 Å². The summed E-state index contributed by atoms with van der Waals surface area (Å²) < 4.78 is 10.1. The maximum Gasteiger partial charge on any atom is 0.185 e. The van der Waals surface area contributed by atoms with Gasteiger partial charge in [-0.05, 0) is 51.3 Å². The number of hydrogen-bond acceptors (Lipinski definition) is 4. The van der Waals surface area contributed by atoms with E-state index in [4.69, 9.17) is 4.74 Å². The summed E-state index contributed by atoms with van der Waals surface area (Å²) >= 11 is 0. The number of nitrogens with zero attached hydrogens (tertiary/aromatic N) is 4. The van der Waals surface area contributed by atoms with Crippen LogP contribution in [0, 0.1) is 6.92 Å². The molecular formula is C25H30N4O2. The number of benzene rings is 1. The van der Waals surface area contributed by atoms with Gasteiger partial charge in [-0.25, -0.2) is 0 Å². The van der Waals surface area contributed by atoms with Crippen LogP contribution in [0.15, 0.2) is 41.6 Å². The minimum atomic E-state index is 0.0590. The van der Waals surface area contributed by atoms with E-state index in [1.54, 1.807) is 13.2 Å². The third-order valence-electron chi connectivity index (χ3n) is 6.74. The third kappa shape index (κ3) is 3.34. The zero-order valence-electron chi connectivity index (χ0n) is 18.8. The molecule has 6 nitrogen and oxygen atoms in total. The normalized spacial score (nSPS) is 16.0. The van der Waals surface area contributed by atoms with Gasteiger partial charge in [0.15, 0.2) is 5.43 Å². The maximum absolute atomic E-state index is 12.5. The van der Waals surface area contributed by atoms with E-state index in [0.29, 0.717) is 12.1 Å². The van der Waals surface area contributed by atoms with Crippen molar-refractivity contribution in [1.82, 2.24) is 14.5 Å². The smallest absolute Gasteiger partial charge is 0.185 e. The molecule has 1 fully saturated rings. The Bertz CT molecular complexity index is 1180. The van der Waals surface area contributed by atoms with Gasteiger partial charge < -0.3 is 9.75 Å². The van der Waals surface area contributed by atoms with Crippen molar-refractivity contribution < 1.29 is 4.74 Å². The predicted molar refractivity (Wildman–Crippen MR) is 123 cm³/mol. The molecule has 0 N–H and O–H groups in total. The largest absolute Gasteiger partial charge is 0.496 e. The van der Waals surface area contributed by atoms with E-state index in [1.165, 1.54) is 31.2 Å². The molecule has 0 atom stereocenters. The van der Waals surface area contributed by atoms with Crippen molar-refractivity contribution in [2.75, 3.05) is 12.1 Å². The monoisotopic (exact) mass is 418 g/mol. The summed E-state index contributed by atoms with van der Waals surface area (Å²) in [6.45, 7) is 7.00. The molecule has 0 saturated heterocycles. The van der Waals surface area contributed by atoms with Crippen LogP contribution in [0.1, 0.15) is 56.7 Å². The number of ether oxygens (including phenoxy) is 1. The Morgan fingerprint density at radius 3 is 2.58 bits per heavy atom. The highest BCUT2D eigenvalue weighted by molar-refractivity contribution is 5.78. The van der Waals surface area contributed by atoms with Crippen molar-refractivity contribution in [3.63, 3.8) is 0 Å². The van der Waals surface area contributed by atoms with Crippen molar-refractivity contribution in [2.45, 2.75) is 65.1 Å². The highest BCUT2D eigenvalue weighted by Gasteiger charge is 2.26. The molecule has 0 bridgehead atoms. The summed E-state index contributed by atoms with van der Waals surface area (Å²) in [7, 11) is 1.71. The first-order valence-electron chi connectivity index (χ1n) is 11.2. The molecule has 2 aliphatic rings. The second kappa shape index (κ2) is 7.59. The fraction of sp³-hybridized carbons (Fsp3) is 0.440. The molecule has 1 aromatic carbocycles. The van der Waals surface area contributed by atoms with Gasteiger partial charge in [-0.3, -0.25) is 14.2 Å². The summed E-state index contributed by atoms with van der Waals surface area (Å²) in [6.07, 6.45) is 11.0. The number of rotatable bonds is 4. The molecule has 6 heteroatoms. The molecule has 31 heavy (non-hydrogen) atoms. The number of hydrogen-bond donors (Lipinski definition) is 0. The molecule has 0 unspecified atom stereocenters. The minimum absolute atomic E-state index is 0.0590. The van der Waals surface area contributed by atoms with Gasteiger partial charge >= 0.3 is 0 Å². The summed E-state index contributed by atoms with van der Waals surface area (Å²) in [5.41, 5.74) is 6.10. The Morgan fingerprint density at radius 1 is 1.10 bits per heavy atom. The zero-order chi connectivity index (χ0) is 21.7. The van der Waals surface area contributed by atoms with Crippen molar-refractivity contribution in [3.05, 3.63) is 58.1 Å². The molecule has 0 radical (unpaired) electrons. The molecule has 0 spiro atoms. The van der Waals surface area contributed by atoms with Gasteiger partial charge in [0.2, 0.25) is 0 Å². The molecule has 2 aromatic heterocycles. The van der Waals surface area contributed by atoms with Crippen LogP contribution in [0.5, 0.6) is 5.75 Å². The van der Waals surface area contributed by atoms with E-state index in [2.05, 4.69) is 51.6 Å². The Kier molecular flexibility index (Phi) is 4.88. The Hall–Kier alpha value is -3.02. The van der Waals surface area contributed by atoms with E-state index >= 15 is 0 Å². The Balaban J connectivity index is 1.64. The SMILES string of the molecule is COc1cc2c(cc1-c1cnn(C3CCCC3)c1)CN(C(C)C)n1cc(C)c(=O)cc1-2. The lowest BCUT2D eigenvalue weighted by atomic mass is 9.95. The maximum atomic E-state index is 12.5. The minimum Gasteiger partial charge on any atom is -0.496 e. The van der Waals surface area contributed by atoms with E-state index < -0.39 is 0 Å². The van der Waals surface area contributed by atoms with E-state index in [9.17, 15) is 4.79 Å². The topological polar surface area (TPSA) is 52.3 Å². The summed E-state index contributed by atoms with van der Waals surface area (Å²) in [4.78, 5) is 12.5. The van der Waals surface area contributed by atoms with E-state index in [0.717, 1.165) is 40.2 Å². The molecule has 0 amide bonds. The van der Waals surface area contributed by atoms with Gasteiger partial charge in [0, 0.05) is 46.8 Å². The fourth-order valence-electron chi connectivity index (χ4n) is 4.95. The number of methoxy groups -OCH3 is 1. The average Bonchev–Trinajstić information content (AvgIpc) is 3.45. The van der Waals surface area contributed by atoms with Crippen molar-refractivity contribution >= 4 is 0 Å². The van der Waals surface area contributed by atoms with E-state index in [-0.39, 0.29) is 5.43 Å². The van der Waals surface area contributed by atoms with Gasteiger partial charge in [-0.2, -0.15) is 5.10 Å². The molecule has 1 aliphatic carbocycles. The first kappa shape index (κ1) is 19.9. The summed E-state index contributed by atoms with van der Waals surface area (Å²) in [6, 6.07) is 6.85. The van der Waals surface area contributed by atoms with Gasteiger partial charge in [0.25, 0.3) is 0 Å². The summed E-state index contributed by atoms with van der Waals surface area (Å²) in [5.74, 6) is 0.808. The molecule has 3 heterocycles. The summed E-state index contributed by atoms with van der Waals surface area (Å²) in [5, 5.41) is 6.96. The van der Waals surface area contributed by atoms with Crippen molar-refractivity contribution in [1.29, 1.82) is 0 Å². The fourth-order valence-corrected chi connectivity index (χ4v) is 4.95. The predicted octanol–water partition coefficient (Wildman–Crippen LogP) is 4.67. The lowest BCUT2D eigenvalue weighted by Gasteiger charge is -2.38. The molecule has 1 saturated carbocycles. The number of aryl methyl sites for hydroxylation is 1. The van der Waals surface area contributed by atoms with Crippen LogP contribution in [0.3, 0.4) is 0 Å². The van der Waals surface area contributed by atoms with Gasteiger partial charge in [0.1, 0.15) is 5.75 Å². The Morgan fingerprint density at radius 2 is 1.87 bits per heavy atom. The number of pyridine rings is 1. The first-order valence-corrected chi connectivity index (χ1v) is 11.2. The van der Waals surface area contributed by atoms with Crippen LogP contribution in [-0.4, -0.2) is 27.6 Å². The molecule has 1 aliphatic heterocycles. The highest BCUT2D eigenvalue weighted by Crippen LogP contribution is 2.40. The zero-order valence-corrected chi connectivity index (χ0v) is 18.8. The van der Waals surface area contributed by atoms with Crippen LogP contribution in [-0.2, 0) is 6.54 Å². The van der Waals surface area contributed by atoms with Gasteiger partial charge in [0.05, 0.1) is 31.6 Å². The standard InChI is InChI=1S/C25H30N4O2/c1-16(2)28-15-18-9-22(19-12-26-27(14-19)20-7-5-6-8-20)25(31-4)10-21(18)23-11-24(30)17(3)13-29(23)28/h9-14,16,20H,5-8,15H2,1-4H3. The second-order valence-electron chi connectivity index (χ2n) is 9.10. The van der Waals surface area contributed by atoms with Crippen LogP contribution < -0.4 is 15.2 Å². The number of aromatic nitrogens is 3. The quantitative estimate of drug-likeness (QED) is 0.618. The lowest BCUT2D eigenvalue weighted by Crippen LogP contribution is -2.43. The highest BCUT2D eigenvalue weighted by atomic mass is 16.5. The van der Waals surface area contributed by atoms with Crippen LogP contribution in [0.2, 0.25) is 0 Å². The van der Waals surface area contributed by atoms with Gasteiger partial charge in [-0.15, -0.1) is 0 Å².